The minimum atomic E-state index is -1.23. The second kappa shape index (κ2) is 15.4. The summed E-state index contributed by atoms with van der Waals surface area (Å²) in [7, 11) is 0. The van der Waals surface area contributed by atoms with Gasteiger partial charge in [-0.3, -0.25) is 0 Å². The molecule has 0 spiro atoms. The van der Waals surface area contributed by atoms with Crippen molar-refractivity contribution in [2.45, 2.75) is 97.3 Å². The molecule has 0 amide bonds. The summed E-state index contributed by atoms with van der Waals surface area (Å²) in [5.74, 6) is -3.19. The number of hydrogen-bond donors (Lipinski definition) is 2. The van der Waals surface area contributed by atoms with E-state index in [9.17, 15) is 24.6 Å². The van der Waals surface area contributed by atoms with Gasteiger partial charge in [0, 0.05) is 0 Å². The summed E-state index contributed by atoms with van der Waals surface area (Å²) < 4.78 is 5.25. The van der Waals surface area contributed by atoms with Crippen LogP contribution >= 0.6 is 0 Å². The predicted molar refractivity (Wildman–Crippen MR) is 121 cm³/mol. The van der Waals surface area contributed by atoms with Crippen LogP contribution in [0, 0.1) is 0 Å². The molecule has 6 nitrogen and oxygen atoms in total. The number of aryl methyl sites for hydroxylation is 1. The van der Waals surface area contributed by atoms with Crippen LogP contribution in [0.2, 0.25) is 0 Å². The molecular formula is C25H38O6. The van der Waals surface area contributed by atoms with Gasteiger partial charge in [0.05, 0.1) is 23.3 Å². The number of esters is 1. The molecular weight excluding hydrogens is 396 g/mol. The standard InChI is InChI=1S/C25H38O6/c1-3-5-7-9-10-11-12-13-15-19-17-20(23(26)27)18-21(22(19)24(28)29)25(30)31-16-14-8-6-4-2/h17-18H,3-16H2,1-2H3,(H,26,27)(H,28,29). The highest BCUT2D eigenvalue weighted by molar-refractivity contribution is 6.05. The smallest absolute Gasteiger partial charge is 0.339 e. The van der Waals surface area contributed by atoms with Crippen molar-refractivity contribution in [1.82, 2.24) is 0 Å². The summed E-state index contributed by atoms with van der Waals surface area (Å²) in [6, 6.07) is 2.50. The van der Waals surface area contributed by atoms with Crippen molar-refractivity contribution in [2.75, 3.05) is 6.61 Å². The van der Waals surface area contributed by atoms with Crippen molar-refractivity contribution < 1.29 is 29.3 Å². The Morgan fingerprint density at radius 1 is 0.742 bits per heavy atom. The maximum Gasteiger partial charge on any atom is 0.339 e. The van der Waals surface area contributed by atoms with Crippen LogP contribution in [-0.4, -0.2) is 34.7 Å². The van der Waals surface area contributed by atoms with E-state index in [1.807, 2.05) is 0 Å². The van der Waals surface area contributed by atoms with Crippen LogP contribution in [0.4, 0.5) is 0 Å². The topological polar surface area (TPSA) is 101 Å². The summed E-state index contributed by atoms with van der Waals surface area (Å²) in [6.45, 7) is 4.46. The molecule has 1 aromatic carbocycles. The van der Waals surface area contributed by atoms with E-state index in [0.717, 1.165) is 51.0 Å². The lowest BCUT2D eigenvalue weighted by Crippen LogP contribution is -2.17. The van der Waals surface area contributed by atoms with Gasteiger partial charge in [0.1, 0.15) is 0 Å². The Kier molecular flexibility index (Phi) is 13.3. The van der Waals surface area contributed by atoms with Gasteiger partial charge in [-0.15, -0.1) is 0 Å². The van der Waals surface area contributed by atoms with Gasteiger partial charge in [-0.2, -0.15) is 0 Å². The molecule has 0 saturated carbocycles. The molecule has 1 aromatic rings. The van der Waals surface area contributed by atoms with Crippen LogP contribution in [0.1, 0.15) is 128 Å². The SMILES string of the molecule is CCCCCCCCCCc1cc(C(=O)O)cc(C(=O)OCCCCCC)c1C(=O)O. The average molecular weight is 435 g/mol. The van der Waals surface area contributed by atoms with Crippen molar-refractivity contribution in [1.29, 1.82) is 0 Å². The third-order valence-electron chi connectivity index (χ3n) is 5.43. The first-order valence-corrected chi connectivity index (χ1v) is 11.7. The molecule has 0 saturated heterocycles. The van der Waals surface area contributed by atoms with Crippen LogP contribution < -0.4 is 0 Å². The van der Waals surface area contributed by atoms with Crippen molar-refractivity contribution in [3.05, 3.63) is 34.4 Å². The molecule has 6 heteroatoms. The molecule has 0 atom stereocenters. The Hall–Kier alpha value is -2.37. The average Bonchev–Trinajstić information content (AvgIpc) is 2.74. The Labute approximate surface area is 186 Å². The monoisotopic (exact) mass is 434 g/mol. The molecule has 0 bridgehead atoms. The van der Waals surface area contributed by atoms with Crippen molar-refractivity contribution in [2.24, 2.45) is 0 Å². The molecule has 31 heavy (non-hydrogen) atoms. The third kappa shape index (κ3) is 9.99. The van der Waals surface area contributed by atoms with Gasteiger partial charge in [0.2, 0.25) is 0 Å². The molecule has 0 aliphatic rings. The molecule has 1 rings (SSSR count). The second-order valence-electron chi connectivity index (χ2n) is 8.09. The number of aromatic carboxylic acids is 2. The van der Waals surface area contributed by atoms with E-state index in [1.165, 1.54) is 31.7 Å². The Morgan fingerprint density at radius 3 is 1.84 bits per heavy atom. The van der Waals surface area contributed by atoms with Gasteiger partial charge < -0.3 is 14.9 Å². The lowest BCUT2D eigenvalue weighted by Gasteiger charge is -2.13. The Bertz CT molecular complexity index is 710. The number of hydrogen-bond acceptors (Lipinski definition) is 4. The van der Waals surface area contributed by atoms with Crippen LogP contribution in [0.25, 0.3) is 0 Å². The molecule has 0 aliphatic heterocycles. The first kappa shape index (κ1) is 26.7. The van der Waals surface area contributed by atoms with Crippen molar-refractivity contribution >= 4 is 17.9 Å². The largest absolute Gasteiger partial charge is 0.478 e. The molecule has 0 fully saturated rings. The third-order valence-corrected chi connectivity index (χ3v) is 5.43. The summed E-state index contributed by atoms with van der Waals surface area (Å²) in [6.07, 6.45) is 13.0. The van der Waals surface area contributed by atoms with E-state index in [4.69, 9.17) is 4.74 Å². The van der Waals surface area contributed by atoms with Gasteiger partial charge in [-0.05, 0) is 37.0 Å². The molecule has 2 N–H and O–H groups in total. The Balaban J connectivity index is 2.85. The number of carbonyl (C=O) groups is 3. The molecule has 0 aromatic heterocycles. The van der Waals surface area contributed by atoms with Gasteiger partial charge in [0.25, 0.3) is 0 Å². The quantitative estimate of drug-likeness (QED) is 0.214. The maximum absolute atomic E-state index is 12.6. The summed E-state index contributed by atoms with van der Waals surface area (Å²) >= 11 is 0. The zero-order valence-corrected chi connectivity index (χ0v) is 19.1. The highest BCUT2D eigenvalue weighted by Gasteiger charge is 2.24. The number of carboxylic acids is 2. The summed E-state index contributed by atoms with van der Waals surface area (Å²) in [5, 5.41) is 19.2. The molecule has 0 aliphatic carbocycles. The fraction of sp³-hybridized carbons (Fsp3) is 0.640. The van der Waals surface area contributed by atoms with E-state index in [-0.39, 0.29) is 23.3 Å². The molecule has 0 unspecified atom stereocenters. The molecule has 0 heterocycles. The predicted octanol–water partition coefficient (Wildman–Crippen LogP) is 6.50. The zero-order valence-electron chi connectivity index (χ0n) is 19.1. The first-order chi connectivity index (χ1) is 14.9. The lowest BCUT2D eigenvalue weighted by molar-refractivity contribution is 0.0487. The normalized spacial score (nSPS) is 10.8. The van der Waals surface area contributed by atoms with E-state index in [0.29, 0.717) is 18.4 Å². The number of rotatable bonds is 17. The highest BCUT2D eigenvalue weighted by Crippen LogP contribution is 2.23. The van der Waals surface area contributed by atoms with Crippen LogP contribution in [0.3, 0.4) is 0 Å². The van der Waals surface area contributed by atoms with Crippen molar-refractivity contribution in [3.63, 3.8) is 0 Å². The van der Waals surface area contributed by atoms with Gasteiger partial charge in [-0.25, -0.2) is 14.4 Å². The van der Waals surface area contributed by atoms with Crippen LogP contribution in [0.15, 0.2) is 12.1 Å². The number of carbonyl (C=O) groups excluding carboxylic acids is 1. The van der Waals surface area contributed by atoms with Crippen molar-refractivity contribution in [3.8, 4) is 0 Å². The summed E-state index contributed by atoms with van der Waals surface area (Å²) in [5.41, 5.74) is -0.00206. The molecule has 174 valence electrons. The zero-order chi connectivity index (χ0) is 23.1. The number of benzene rings is 1. The lowest BCUT2D eigenvalue weighted by atomic mass is 9.93. The van der Waals surface area contributed by atoms with Crippen LogP contribution in [0.5, 0.6) is 0 Å². The minimum absolute atomic E-state index is 0.0856. The fourth-order valence-corrected chi connectivity index (χ4v) is 3.66. The van der Waals surface area contributed by atoms with Crippen LogP contribution in [-0.2, 0) is 11.2 Å². The maximum atomic E-state index is 12.6. The van der Waals surface area contributed by atoms with E-state index in [1.54, 1.807) is 0 Å². The highest BCUT2D eigenvalue weighted by atomic mass is 16.5. The van der Waals surface area contributed by atoms with E-state index in [2.05, 4.69) is 13.8 Å². The second-order valence-corrected chi connectivity index (χ2v) is 8.09. The van der Waals surface area contributed by atoms with E-state index >= 15 is 0 Å². The number of ether oxygens (including phenoxy) is 1. The van der Waals surface area contributed by atoms with E-state index < -0.39 is 17.9 Å². The summed E-state index contributed by atoms with van der Waals surface area (Å²) in [4.78, 5) is 36.0. The van der Waals surface area contributed by atoms with Gasteiger partial charge in [-0.1, -0.05) is 78.1 Å². The molecule has 0 radical (unpaired) electrons. The number of carboxylic acid groups (broad SMARTS) is 2. The number of unbranched alkanes of at least 4 members (excludes halogenated alkanes) is 10. The minimum Gasteiger partial charge on any atom is -0.478 e. The Morgan fingerprint density at radius 2 is 1.29 bits per heavy atom. The van der Waals surface area contributed by atoms with Gasteiger partial charge >= 0.3 is 17.9 Å². The fourth-order valence-electron chi connectivity index (χ4n) is 3.66. The van der Waals surface area contributed by atoms with Gasteiger partial charge in [0.15, 0.2) is 0 Å². The first-order valence-electron chi connectivity index (χ1n) is 11.7.